The minimum Gasteiger partial charge on any atom is -0.460 e. The van der Waals surface area contributed by atoms with Crippen molar-refractivity contribution in [2.45, 2.75) is 84.3 Å². The van der Waals surface area contributed by atoms with Gasteiger partial charge in [0.25, 0.3) is 0 Å². The second-order valence-corrected chi connectivity index (χ2v) is 9.61. The molecule has 4 nitrogen and oxygen atoms in total. The number of aliphatic imine (C=N–C) groups is 1. The van der Waals surface area contributed by atoms with Crippen LogP contribution in [0, 0.1) is 5.41 Å². The first-order valence-electron chi connectivity index (χ1n) is 10.8. The molecule has 1 aliphatic rings. The molecule has 0 radical (unpaired) electrons. The normalized spacial score (nSPS) is 16.4. The van der Waals surface area contributed by atoms with Crippen molar-refractivity contribution in [3.63, 3.8) is 0 Å². The zero-order valence-corrected chi connectivity index (χ0v) is 19.6. The van der Waals surface area contributed by atoms with E-state index in [-0.39, 0.29) is 5.69 Å². The standard InChI is InChI=1S/C22H29BF6N2O2/c1-7-11-19(5,6)31-13-9-10-15-14(12-13)20(21(24,25)26,22(27,28)29)33-17(30-15)23-16(32)18(3,4)8-2/h9-10,12,23,31H,7-8,11H2,1-6H3. The summed E-state index contributed by atoms with van der Waals surface area (Å²) in [7, 11) is -0.780. The van der Waals surface area contributed by atoms with Gasteiger partial charge in [-0.15, -0.1) is 0 Å². The molecule has 11 heteroatoms. The Labute approximate surface area is 190 Å². The molecule has 184 valence electrons. The van der Waals surface area contributed by atoms with Crippen LogP contribution in [0.2, 0.25) is 0 Å². The van der Waals surface area contributed by atoms with Crippen molar-refractivity contribution in [3.05, 3.63) is 23.8 Å². The van der Waals surface area contributed by atoms with Gasteiger partial charge >= 0.3 is 25.2 Å². The van der Waals surface area contributed by atoms with Gasteiger partial charge in [-0.05, 0) is 44.9 Å². The summed E-state index contributed by atoms with van der Waals surface area (Å²) < 4.78 is 89.6. The van der Waals surface area contributed by atoms with Gasteiger partial charge in [-0.1, -0.05) is 34.1 Å². The SMILES string of the molecule is CCCC(C)(C)Nc1ccc2c(c1)C(C(F)(F)F)(C(F)(F)F)OC(BC(=O)C(C)(C)CC)=N2. The first kappa shape index (κ1) is 27.1. The van der Waals surface area contributed by atoms with Gasteiger partial charge in [0.15, 0.2) is 0 Å². The van der Waals surface area contributed by atoms with Crippen molar-refractivity contribution in [2.24, 2.45) is 10.4 Å². The summed E-state index contributed by atoms with van der Waals surface area (Å²) in [4.78, 5) is 16.4. The fourth-order valence-electron chi connectivity index (χ4n) is 3.69. The molecule has 1 heterocycles. The van der Waals surface area contributed by atoms with E-state index < -0.39 is 58.9 Å². The van der Waals surface area contributed by atoms with E-state index in [0.717, 1.165) is 18.6 Å². The molecule has 0 amide bonds. The molecule has 0 atom stereocenters. The van der Waals surface area contributed by atoms with Crippen LogP contribution >= 0.6 is 0 Å². The Hall–Kier alpha value is -2.20. The maximum Gasteiger partial charge on any atom is 0.442 e. The minimum absolute atomic E-state index is 0.0792. The van der Waals surface area contributed by atoms with E-state index in [4.69, 9.17) is 0 Å². The number of alkyl halides is 6. The summed E-state index contributed by atoms with van der Waals surface area (Å²) in [5.41, 5.74) is -8.35. The van der Waals surface area contributed by atoms with Gasteiger partial charge < -0.3 is 14.8 Å². The van der Waals surface area contributed by atoms with Crippen molar-refractivity contribution in [1.82, 2.24) is 0 Å². The number of fused-ring (bicyclic) bond motifs is 1. The summed E-state index contributed by atoms with van der Waals surface area (Å²) in [6.45, 7) is 10.3. The first-order valence-corrected chi connectivity index (χ1v) is 10.8. The highest BCUT2D eigenvalue weighted by Gasteiger charge is 2.76. The number of anilines is 1. The monoisotopic (exact) mass is 478 g/mol. The molecule has 33 heavy (non-hydrogen) atoms. The summed E-state index contributed by atoms with van der Waals surface area (Å²) >= 11 is 0. The number of carbonyl (C=O) groups is 1. The predicted molar refractivity (Wildman–Crippen MR) is 117 cm³/mol. The molecule has 0 bridgehead atoms. The molecule has 2 rings (SSSR count). The number of nitrogens with zero attached hydrogens (tertiary/aromatic N) is 1. The Kier molecular flexibility index (Phi) is 7.27. The van der Waals surface area contributed by atoms with Gasteiger partial charge in [0.1, 0.15) is 11.5 Å². The number of benzene rings is 1. The summed E-state index contributed by atoms with van der Waals surface area (Å²) in [6.07, 6.45) is -9.97. The molecule has 0 unspecified atom stereocenters. The zero-order valence-electron chi connectivity index (χ0n) is 19.6. The lowest BCUT2D eigenvalue weighted by molar-refractivity contribution is -0.369. The molecule has 0 saturated heterocycles. The summed E-state index contributed by atoms with van der Waals surface area (Å²) in [6, 6.07) is 3.24. The molecular weight excluding hydrogens is 449 g/mol. The largest absolute Gasteiger partial charge is 0.460 e. The van der Waals surface area contributed by atoms with E-state index in [1.54, 1.807) is 34.6 Å². The highest BCUT2D eigenvalue weighted by Crippen LogP contribution is 2.57. The van der Waals surface area contributed by atoms with Gasteiger partial charge in [-0.2, -0.15) is 26.3 Å². The second-order valence-electron chi connectivity index (χ2n) is 9.61. The number of carbonyl (C=O) groups excluding carboxylic acids is 1. The van der Waals surface area contributed by atoms with Crippen LogP contribution in [0.3, 0.4) is 0 Å². The molecule has 1 aromatic rings. The van der Waals surface area contributed by atoms with Crippen molar-refractivity contribution in [1.29, 1.82) is 0 Å². The van der Waals surface area contributed by atoms with Gasteiger partial charge in [0, 0.05) is 22.2 Å². The van der Waals surface area contributed by atoms with Crippen LogP contribution in [-0.4, -0.2) is 36.7 Å². The van der Waals surface area contributed by atoms with Crippen molar-refractivity contribution in [2.75, 3.05) is 5.32 Å². The molecule has 0 aliphatic carbocycles. The average molecular weight is 478 g/mol. The van der Waals surface area contributed by atoms with E-state index in [1.165, 1.54) is 6.07 Å². The predicted octanol–water partition coefficient (Wildman–Crippen LogP) is 6.41. The third-order valence-corrected chi connectivity index (χ3v) is 6.00. The first-order chi connectivity index (χ1) is 14.9. The molecule has 0 spiro atoms. The van der Waals surface area contributed by atoms with Crippen molar-refractivity contribution in [3.8, 4) is 0 Å². The van der Waals surface area contributed by atoms with Gasteiger partial charge in [-0.3, -0.25) is 0 Å². The number of ether oxygens (including phenoxy) is 1. The maximum atomic E-state index is 14.2. The smallest absolute Gasteiger partial charge is 0.442 e. The average Bonchev–Trinajstić information content (AvgIpc) is 2.65. The quantitative estimate of drug-likeness (QED) is 0.347. The van der Waals surface area contributed by atoms with Gasteiger partial charge in [0.2, 0.25) is 0 Å². The fourth-order valence-corrected chi connectivity index (χ4v) is 3.69. The van der Waals surface area contributed by atoms with Crippen LogP contribution in [0.1, 0.15) is 66.4 Å². The molecule has 1 aromatic carbocycles. The van der Waals surface area contributed by atoms with E-state index in [2.05, 4.69) is 15.0 Å². The van der Waals surface area contributed by atoms with Crippen LogP contribution in [-0.2, 0) is 15.1 Å². The Balaban J connectivity index is 2.68. The van der Waals surface area contributed by atoms with E-state index >= 15 is 0 Å². The molecule has 1 aliphatic heterocycles. The molecule has 0 saturated carbocycles. The van der Waals surface area contributed by atoms with Crippen molar-refractivity contribution < 1.29 is 35.9 Å². The Morgan fingerprint density at radius 2 is 1.64 bits per heavy atom. The molecule has 0 fully saturated rings. The third-order valence-electron chi connectivity index (χ3n) is 6.00. The van der Waals surface area contributed by atoms with Crippen LogP contribution in [0.4, 0.5) is 37.7 Å². The molecule has 0 aromatic heterocycles. The Morgan fingerprint density at radius 3 is 2.12 bits per heavy atom. The Morgan fingerprint density at radius 1 is 1.06 bits per heavy atom. The van der Waals surface area contributed by atoms with Crippen molar-refractivity contribution >= 4 is 30.1 Å². The van der Waals surface area contributed by atoms with Crippen LogP contribution in [0.5, 0.6) is 0 Å². The number of halogens is 6. The van der Waals surface area contributed by atoms with Gasteiger partial charge in [-0.25, -0.2) is 4.99 Å². The van der Waals surface area contributed by atoms with E-state index in [0.29, 0.717) is 12.8 Å². The number of nitrogens with one attached hydrogen (secondary N) is 1. The lowest BCUT2D eigenvalue weighted by Crippen LogP contribution is -2.59. The fraction of sp³-hybridized carbons (Fsp3) is 0.636. The highest BCUT2D eigenvalue weighted by molar-refractivity contribution is 6.97. The van der Waals surface area contributed by atoms with Crippen LogP contribution in [0.15, 0.2) is 23.2 Å². The maximum absolute atomic E-state index is 14.2. The number of rotatable bonds is 8. The Bertz CT molecular complexity index is 908. The van der Waals surface area contributed by atoms with Gasteiger partial charge in [0.05, 0.1) is 5.69 Å². The van der Waals surface area contributed by atoms with E-state index in [1.807, 2.05) is 6.92 Å². The molecule has 1 N–H and O–H groups in total. The lowest BCUT2D eigenvalue weighted by Gasteiger charge is -2.41. The zero-order chi connectivity index (χ0) is 25.5. The topological polar surface area (TPSA) is 50.7 Å². The number of hydrogen-bond acceptors (Lipinski definition) is 4. The van der Waals surface area contributed by atoms with Crippen LogP contribution < -0.4 is 5.32 Å². The summed E-state index contributed by atoms with van der Waals surface area (Å²) in [5.74, 6) is -0.907. The minimum atomic E-state index is -5.86. The van der Waals surface area contributed by atoms with E-state index in [9.17, 15) is 31.1 Å². The molecular formula is C22H29BF6N2O2. The highest BCUT2D eigenvalue weighted by atomic mass is 19.4. The number of hydrogen-bond donors (Lipinski definition) is 1. The lowest BCUT2D eigenvalue weighted by atomic mass is 9.61. The van der Waals surface area contributed by atoms with Crippen LogP contribution in [0.25, 0.3) is 0 Å². The second kappa shape index (κ2) is 8.87. The summed E-state index contributed by atoms with van der Waals surface area (Å²) in [5, 5.41) is 2.99. The third kappa shape index (κ3) is 5.32.